The molecule has 0 aliphatic heterocycles. The van der Waals surface area contributed by atoms with E-state index in [-0.39, 0.29) is 36.3 Å². The third-order valence-corrected chi connectivity index (χ3v) is 7.94. The molecule has 2 amide bonds. The van der Waals surface area contributed by atoms with Crippen molar-refractivity contribution in [2.45, 2.75) is 70.0 Å². The molecule has 1 N–H and O–H groups in total. The normalized spacial score (nSPS) is 19.8. The highest BCUT2D eigenvalue weighted by Gasteiger charge is 2.34. The Labute approximate surface area is 226 Å². The van der Waals surface area contributed by atoms with Gasteiger partial charge in [-0.3, -0.25) is 9.59 Å². The van der Waals surface area contributed by atoms with E-state index in [1.54, 1.807) is 0 Å². The van der Waals surface area contributed by atoms with Crippen molar-refractivity contribution in [2.75, 3.05) is 6.61 Å². The highest BCUT2D eigenvalue weighted by atomic mass is 16.5. The number of hydrogen-bond donors (Lipinski definition) is 1. The number of ether oxygens (including phenoxy) is 1. The molecule has 0 radical (unpaired) electrons. The van der Waals surface area contributed by atoms with Gasteiger partial charge in [-0.2, -0.15) is 0 Å². The van der Waals surface area contributed by atoms with Crippen LogP contribution in [-0.4, -0.2) is 29.4 Å². The van der Waals surface area contributed by atoms with E-state index >= 15 is 0 Å². The summed E-state index contributed by atoms with van der Waals surface area (Å²) in [6.07, 6.45) is 6.29. The smallest absolute Gasteiger partial charge is 0.261 e. The van der Waals surface area contributed by atoms with Crippen LogP contribution in [0, 0.1) is 5.92 Å². The lowest BCUT2D eigenvalue weighted by Crippen LogP contribution is -2.37. The van der Waals surface area contributed by atoms with Crippen molar-refractivity contribution >= 4 is 11.8 Å². The number of nitrogens with zero attached hydrogens (tertiary/aromatic N) is 1. The molecule has 2 saturated carbocycles. The molecule has 198 valence electrons. The first-order chi connectivity index (χ1) is 18.6. The summed E-state index contributed by atoms with van der Waals surface area (Å²) >= 11 is 0. The van der Waals surface area contributed by atoms with Crippen molar-refractivity contribution in [3.05, 3.63) is 102 Å². The van der Waals surface area contributed by atoms with Crippen LogP contribution in [0.1, 0.15) is 74.1 Å². The standard InChI is InChI=1S/C33H38N2O3/c1-24(26-10-4-2-5-11-26)34-33(37)31-15-9-8-14-30(31)27-18-16-25(17-19-27)22-35(28-20-21-28)32(36)23-38-29-12-6-3-7-13-29/h2-7,10-13,16-19,24,28,30-31H,8-9,14-15,20-23H2,1H3,(H,34,37)/t24-,30-,31-/m0/s1. The van der Waals surface area contributed by atoms with E-state index < -0.39 is 0 Å². The van der Waals surface area contributed by atoms with Gasteiger partial charge in [-0.1, -0.05) is 85.6 Å². The summed E-state index contributed by atoms with van der Waals surface area (Å²) in [5.74, 6) is 1.10. The minimum Gasteiger partial charge on any atom is -0.484 e. The Hall–Kier alpha value is -3.60. The Bertz CT molecular complexity index is 1190. The number of amides is 2. The first-order valence-electron chi connectivity index (χ1n) is 14.0. The van der Waals surface area contributed by atoms with Crippen LogP contribution >= 0.6 is 0 Å². The lowest BCUT2D eigenvalue weighted by atomic mass is 9.74. The third-order valence-electron chi connectivity index (χ3n) is 7.94. The number of carbonyl (C=O) groups excluding carboxylic acids is 2. The van der Waals surface area contributed by atoms with E-state index in [4.69, 9.17) is 4.74 Å². The van der Waals surface area contributed by atoms with Crippen molar-refractivity contribution in [2.24, 2.45) is 5.92 Å². The lowest BCUT2D eigenvalue weighted by molar-refractivity contribution is -0.134. The molecule has 5 nitrogen and oxygen atoms in total. The number of hydrogen-bond acceptors (Lipinski definition) is 3. The molecule has 0 bridgehead atoms. The minimum atomic E-state index is -0.0135. The molecule has 3 atom stereocenters. The predicted octanol–water partition coefficient (Wildman–Crippen LogP) is 6.41. The van der Waals surface area contributed by atoms with Crippen LogP contribution in [0.2, 0.25) is 0 Å². The van der Waals surface area contributed by atoms with Gasteiger partial charge < -0.3 is 15.0 Å². The van der Waals surface area contributed by atoms with Gasteiger partial charge in [0.2, 0.25) is 5.91 Å². The van der Waals surface area contributed by atoms with E-state index in [0.717, 1.165) is 49.7 Å². The van der Waals surface area contributed by atoms with E-state index in [1.807, 2.05) is 53.4 Å². The largest absolute Gasteiger partial charge is 0.484 e. The fourth-order valence-electron chi connectivity index (χ4n) is 5.61. The van der Waals surface area contributed by atoms with Gasteiger partial charge in [0.15, 0.2) is 6.61 Å². The third kappa shape index (κ3) is 6.63. The summed E-state index contributed by atoms with van der Waals surface area (Å²) in [6, 6.07) is 28.5. The highest BCUT2D eigenvalue weighted by Crippen LogP contribution is 2.38. The zero-order valence-electron chi connectivity index (χ0n) is 22.2. The Morgan fingerprint density at radius 2 is 1.53 bits per heavy atom. The zero-order valence-corrected chi connectivity index (χ0v) is 22.2. The van der Waals surface area contributed by atoms with Gasteiger partial charge in [-0.15, -0.1) is 0 Å². The van der Waals surface area contributed by atoms with Crippen molar-refractivity contribution in [1.29, 1.82) is 0 Å². The molecule has 2 aliphatic rings. The summed E-state index contributed by atoms with van der Waals surface area (Å²) in [7, 11) is 0. The van der Waals surface area contributed by atoms with Crippen LogP contribution < -0.4 is 10.1 Å². The number of benzene rings is 3. The molecular weight excluding hydrogens is 472 g/mol. The molecule has 0 heterocycles. The molecule has 2 aliphatic carbocycles. The maximum Gasteiger partial charge on any atom is 0.261 e. The van der Waals surface area contributed by atoms with Gasteiger partial charge in [0.05, 0.1) is 6.04 Å². The van der Waals surface area contributed by atoms with Crippen molar-refractivity contribution in [3.63, 3.8) is 0 Å². The molecule has 2 fully saturated rings. The predicted molar refractivity (Wildman–Crippen MR) is 150 cm³/mol. The summed E-state index contributed by atoms with van der Waals surface area (Å²) in [5.41, 5.74) is 3.46. The van der Waals surface area contributed by atoms with Gasteiger partial charge in [0.25, 0.3) is 5.91 Å². The van der Waals surface area contributed by atoms with Gasteiger partial charge in [0.1, 0.15) is 5.75 Å². The first kappa shape index (κ1) is 26.0. The summed E-state index contributed by atoms with van der Waals surface area (Å²) < 4.78 is 5.72. The topological polar surface area (TPSA) is 58.6 Å². The van der Waals surface area contributed by atoms with Crippen LogP contribution in [0.4, 0.5) is 0 Å². The average Bonchev–Trinajstić information content (AvgIpc) is 3.81. The molecule has 0 aromatic heterocycles. The van der Waals surface area contributed by atoms with Gasteiger partial charge in [0, 0.05) is 18.5 Å². The molecule has 5 rings (SSSR count). The lowest BCUT2D eigenvalue weighted by Gasteiger charge is -2.32. The Morgan fingerprint density at radius 3 is 2.21 bits per heavy atom. The van der Waals surface area contributed by atoms with Crippen molar-refractivity contribution in [1.82, 2.24) is 10.2 Å². The molecular formula is C33H38N2O3. The van der Waals surface area contributed by atoms with Crippen LogP contribution in [0.25, 0.3) is 0 Å². The molecule has 5 heteroatoms. The summed E-state index contributed by atoms with van der Waals surface area (Å²) in [6.45, 7) is 2.70. The van der Waals surface area contributed by atoms with E-state index in [1.165, 1.54) is 5.56 Å². The summed E-state index contributed by atoms with van der Waals surface area (Å²) in [4.78, 5) is 28.3. The Kier molecular flexibility index (Phi) is 8.42. The number of rotatable bonds is 10. The van der Waals surface area contributed by atoms with E-state index in [2.05, 4.69) is 48.6 Å². The van der Waals surface area contributed by atoms with Gasteiger partial charge in [-0.05, 0) is 67.3 Å². The maximum atomic E-state index is 13.3. The highest BCUT2D eigenvalue weighted by molar-refractivity contribution is 5.80. The Balaban J connectivity index is 1.21. The van der Waals surface area contributed by atoms with E-state index in [9.17, 15) is 9.59 Å². The fraction of sp³-hybridized carbons (Fsp3) is 0.394. The van der Waals surface area contributed by atoms with Crippen molar-refractivity contribution in [3.8, 4) is 5.75 Å². The second kappa shape index (κ2) is 12.3. The summed E-state index contributed by atoms with van der Waals surface area (Å²) in [5, 5.41) is 3.26. The second-order valence-corrected chi connectivity index (χ2v) is 10.7. The molecule has 3 aromatic rings. The molecule has 38 heavy (non-hydrogen) atoms. The second-order valence-electron chi connectivity index (χ2n) is 10.7. The quantitative estimate of drug-likeness (QED) is 0.343. The van der Waals surface area contributed by atoms with Gasteiger partial charge >= 0.3 is 0 Å². The van der Waals surface area contributed by atoms with Crippen LogP contribution in [0.15, 0.2) is 84.9 Å². The average molecular weight is 511 g/mol. The first-order valence-corrected chi connectivity index (χ1v) is 14.0. The van der Waals surface area contributed by atoms with Crippen LogP contribution in [-0.2, 0) is 16.1 Å². The van der Waals surface area contributed by atoms with Crippen LogP contribution in [0.5, 0.6) is 5.75 Å². The number of nitrogens with one attached hydrogen (secondary N) is 1. The Morgan fingerprint density at radius 1 is 0.868 bits per heavy atom. The van der Waals surface area contributed by atoms with E-state index in [0.29, 0.717) is 18.3 Å². The minimum absolute atomic E-state index is 0.00883. The molecule has 0 unspecified atom stereocenters. The zero-order chi connectivity index (χ0) is 26.3. The molecule has 3 aromatic carbocycles. The van der Waals surface area contributed by atoms with Crippen molar-refractivity contribution < 1.29 is 14.3 Å². The monoisotopic (exact) mass is 510 g/mol. The molecule has 0 spiro atoms. The fourth-order valence-corrected chi connectivity index (χ4v) is 5.61. The molecule has 0 saturated heterocycles. The number of carbonyl (C=O) groups is 2. The number of para-hydroxylation sites is 1. The SMILES string of the molecule is C[C@H](NC(=O)[C@H]1CCCC[C@H]1c1ccc(CN(C(=O)COc2ccccc2)C2CC2)cc1)c1ccccc1. The van der Waals surface area contributed by atoms with Crippen LogP contribution in [0.3, 0.4) is 0 Å². The maximum absolute atomic E-state index is 13.3. The van der Waals surface area contributed by atoms with Gasteiger partial charge in [-0.25, -0.2) is 0 Å².